The Morgan fingerprint density at radius 1 is 2.00 bits per heavy atom. The first-order valence-electron chi connectivity index (χ1n) is 1.54. The SMILES string of the molecule is N=C(N)NS[N+](=O)[O-]. The molecule has 0 atom stereocenters. The van der Waals surface area contributed by atoms with Gasteiger partial charge in [0.2, 0.25) is 5.96 Å². The Labute approximate surface area is 49.4 Å². The Balaban J connectivity index is 3.18. The molecule has 0 spiro atoms. The van der Waals surface area contributed by atoms with Crippen LogP contribution < -0.4 is 10.5 Å². The Morgan fingerprint density at radius 2 is 2.50 bits per heavy atom. The van der Waals surface area contributed by atoms with Crippen LogP contribution in [0.2, 0.25) is 0 Å². The molecule has 0 aliphatic rings. The molecule has 0 bridgehead atoms. The van der Waals surface area contributed by atoms with Crippen molar-refractivity contribution in [2.45, 2.75) is 0 Å². The molecule has 6 nitrogen and oxygen atoms in total. The third-order valence-corrected chi connectivity index (χ3v) is 0.690. The van der Waals surface area contributed by atoms with Gasteiger partial charge >= 0.3 is 12.1 Å². The zero-order chi connectivity index (χ0) is 6.57. The van der Waals surface area contributed by atoms with Crippen LogP contribution in [0.1, 0.15) is 0 Å². The first kappa shape index (κ1) is 7.02. The highest BCUT2D eigenvalue weighted by Gasteiger charge is 1.97. The van der Waals surface area contributed by atoms with Crippen molar-refractivity contribution >= 4 is 18.1 Å². The maximum atomic E-state index is 9.46. The van der Waals surface area contributed by atoms with Crippen LogP contribution in [0.4, 0.5) is 0 Å². The highest BCUT2D eigenvalue weighted by Crippen LogP contribution is 1.88. The van der Waals surface area contributed by atoms with E-state index in [0.717, 1.165) is 0 Å². The lowest BCUT2D eigenvalue weighted by Gasteiger charge is -1.88. The third-order valence-electron chi connectivity index (χ3n) is 0.230. The van der Waals surface area contributed by atoms with Gasteiger partial charge in [-0.25, -0.2) is 14.8 Å². The predicted molar refractivity (Wildman–Crippen MR) is 29.6 cm³/mol. The van der Waals surface area contributed by atoms with Gasteiger partial charge in [-0.2, -0.15) is 0 Å². The summed E-state index contributed by atoms with van der Waals surface area (Å²) in [4.78, 5) is 9.46. The lowest BCUT2D eigenvalue weighted by atomic mass is 11.1. The number of guanidine groups is 1. The molecule has 0 aromatic rings. The van der Waals surface area contributed by atoms with E-state index in [9.17, 15) is 10.1 Å². The fourth-order valence-corrected chi connectivity index (χ4v) is 0.259. The standard InChI is InChI=1S/CH4N4O2S/c2-1(3)4-8-5(6)7/h(H4,2,3,4). The predicted octanol–water partition coefficient (Wildman–Crippen LogP) is -0.691. The van der Waals surface area contributed by atoms with Gasteiger partial charge in [-0.15, -0.1) is 0 Å². The minimum absolute atomic E-state index is 0.162. The molecule has 0 aromatic carbocycles. The van der Waals surface area contributed by atoms with E-state index in [1.807, 2.05) is 4.72 Å². The van der Waals surface area contributed by atoms with Crippen molar-refractivity contribution in [2.24, 2.45) is 5.73 Å². The van der Waals surface area contributed by atoms with Crippen LogP contribution >= 0.6 is 12.1 Å². The highest BCUT2D eigenvalue weighted by atomic mass is 32.2. The molecule has 0 heterocycles. The van der Waals surface area contributed by atoms with E-state index < -0.39 is 10.3 Å². The van der Waals surface area contributed by atoms with Gasteiger partial charge in [-0.05, 0) is 0 Å². The maximum Gasteiger partial charge on any atom is 0.355 e. The number of nitrogens with zero attached hydrogens (tertiary/aromatic N) is 1. The molecule has 0 amide bonds. The normalized spacial score (nSPS) is 8.00. The van der Waals surface area contributed by atoms with Crippen molar-refractivity contribution in [1.29, 1.82) is 5.41 Å². The Hall–Kier alpha value is -0.980. The van der Waals surface area contributed by atoms with Crippen LogP contribution in [0.5, 0.6) is 0 Å². The Kier molecular flexibility index (Phi) is 2.70. The summed E-state index contributed by atoms with van der Waals surface area (Å²) in [6, 6.07) is 0. The largest absolute Gasteiger partial charge is 0.369 e. The van der Waals surface area contributed by atoms with Gasteiger partial charge in [-0.3, -0.25) is 5.41 Å². The molecule has 4 N–H and O–H groups in total. The number of hydrogen-bond acceptors (Lipinski definition) is 4. The molecule has 0 fully saturated rings. The van der Waals surface area contributed by atoms with E-state index in [1.165, 1.54) is 0 Å². The van der Waals surface area contributed by atoms with Crippen molar-refractivity contribution in [1.82, 2.24) is 4.72 Å². The Morgan fingerprint density at radius 3 is 2.62 bits per heavy atom. The van der Waals surface area contributed by atoms with Crippen molar-refractivity contribution in [3.05, 3.63) is 10.1 Å². The molecule has 0 aromatic heterocycles. The van der Waals surface area contributed by atoms with Crippen molar-refractivity contribution in [3.8, 4) is 0 Å². The molecule has 7 heteroatoms. The van der Waals surface area contributed by atoms with Gasteiger partial charge in [0.1, 0.15) is 4.33 Å². The first-order chi connectivity index (χ1) is 3.63. The smallest absolute Gasteiger partial charge is 0.355 e. The molecule has 46 valence electrons. The number of nitrogens with two attached hydrogens (primary N) is 1. The monoisotopic (exact) mass is 136 g/mol. The van der Waals surface area contributed by atoms with E-state index >= 15 is 0 Å². The molecule has 0 saturated carbocycles. The summed E-state index contributed by atoms with van der Waals surface area (Å²) in [5, 5.41) is 15.9. The van der Waals surface area contributed by atoms with E-state index in [-0.39, 0.29) is 12.1 Å². The molecule has 0 unspecified atom stereocenters. The molecule has 0 aliphatic heterocycles. The highest BCUT2D eigenvalue weighted by molar-refractivity contribution is 7.91. The number of rotatable bonds is 2. The number of nitro groups is 1. The van der Waals surface area contributed by atoms with Crippen LogP contribution in [-0.2, 0) is 0 Å². The fraction of sp³-hybridized carbons (Fsp3) is 0. The van der Waals surface area contributed by atoms with Crippen LogP contribution in [0.15, 0.2) is 0 Å². The maximum absolute atomic E-state index is 9.46. The average Bonchev–Trinajstić information content (AvgIpc) is 1.61. The van der Waals surface area contributed by atoms with Crippen LogP contribution in [0.3, 0.4) is 0 Å². The minimum atomic E-state index is -0.693. The summed E-state index contributed by atoms with van der Waals surface area (Å²) in [6.45, 7) is 0. The molecular formula is CH4N4O2S. The van der Waals surface area contributed by atoms with Gasteiger partial charge in [0.25, 0.3) is 0 Å². The third kappa shape index (κ3) is 5.02. The van der Waals surface area contributed by atoms with Gasteiger partial charge in [0.15, 0.2) is 0 Å². The van der Waals surface area contributed by atoms with E-state index in [0.29, 0.717) is 0 Å². The second-order valence-corrected chi connectivity index (χ2v) is 1.52. The minimum Gasteiger partial charge on any atom is -0.369 e. The summed E-state index contributed by atoms with van der Waals surface area (Å²) in [5.41, 5.74) is 4.69. The first-order valence-corrected chi connectivity index (χ1v) is 2.31. The van der Waals surface area contributed by atoms with Crippen LogP contribution in [0.25, 0.3) is 0 Å². The second kappa shape index (κ2) is 3.08. The summed E-state index contributed by atoms with van der Waals surface area (Å²) in [5.74, 6) is -0.424. The molecule has 0 saturated heterocycles. The summed E-state index contributed by atoms with van der Waals surface area (Å²) >= 11 is 0.162. The lowest BCUT2D eigenvalue weighted by molar-refractivity contribution is -0.285. The second-order valence-electron chi connectivity index (χ2n) is 0.831. The number of nitrogens with one attached hydrogen (secondary N) is 2. The summed E-state index contributed by atoms with van der Waals surface area (Å²) in [6.07, 6.45) is 0. The van der Waals surface area contributed by atoms with E-state index in [1.54, 1.807) is 0 Å². The van der Waals surface area contributed by atoms with Gasteiger partial charge in [0, 0.05) is 0 Å². The zero-order valence-electron chi connectivity index (χ0n) is 3.75. The van der Waals surface area contributed by atoms with Crippen LogP contribution in [0, 0.1) is 15.5 Å². The van der Waals surface area contributed by atoms with Crippen molar-refractivity contribution < 1.29 is 4.33 Å². The van der Waals surface area contributed by atoms with Crippen molar-refractivity contribution in [3.63, 3.8) is 0 Å². The average molecular weight is 136 g/mol. The van der Waals surface area contributed by atoms with Crippen molar-refractivity contribution in [2.75, 3.05) is 0 Å². The molecule has 0 aliphatic carbocycles. The van der Waals surface area contributed by atoms with Crippen LogP contribution in [-0.4, -0.2) is 10.3 Å². The van der Waals surface area contributed by atoms with Gasteiger partial charge in [-0.1, -0.05) is 0 Å². The molecule has 0 rings (SSSR count). The quantitative estimate of drug-likeness (QED) is 0.153. The molecular weight excluding hydrogens is 132 g/mol. The van der Waals surface area contributed by atoms with Gasteiger partial charge in [0.05, 0.1) is 0 Å². The zero-order valence-corrected chi connectivity index (χ0v) is 4.57. The van der Waals surface area contributed by atoms with Gasteiger partial charge < -0.3 is 5.73 Å². The summed E-state index contributed by atoms with van der Waals surface area (Å²) in [7, 11) is 0. The van der Waals surface area contributed by atoms with E-state index in [4.69, 9.17) is 5.41 Å². The summed E-state index contributed by atoms with van der Waals surface area (Å²) < 4.78 is 1.23. The van der Waals surface area contributed by atoms with E-state index in [2.05, 4.69) is 5.73 Å². The molecule has 8 heavy (non-hydrogen) atoms. The lowest BCUT2D eigenvalue weighted by Crippen LogP contribution is -2.25. The topological polar surface area (TPSA) is 105 Å². The molecule has 0 radical (unpaired) electrons. The fourth-order valence-electron chi connectivity index (χ4n) is 0.0864. The Bertz CT molecular complexity index is 98.6. The number of hydrogen-bond donors (Lipinski definition) is 3.